The maximum atomic E-state index is 11.6. The van der Waals surface area contributed by atoms with E-state index in [2.05, 4.69) is 13.0 Å². The van der Waals surface area contributed by atoms with Gasteiger partial charge >= 0.3 is 5.97 Å². The van der Waals surface area contributed by atoms with Crippen molar-refractivity contribution in [3.63, 3.8) is 0 Å². The molecule has 0 spiro atoms. The summed E-state index contributed by atoms with van der Waals surface area (Å²) in [5.74, 6) is -0.172. The van der Waals surface area contributed by atoms with Crippen molar-refractivity contribution in [1.29, 1.82) is 0 Å². The number of carbonyl (C=O) groups excluding carboxylic acids is 1. The Morgan fingerprint density at radius 2 is 1.80 bits per heavy atom. The van der Waals surface area contributed by atoms with E-state index in [0.717, 1.165) is 17.6 Å². The predicted octanol–water partition coefficient (Wildman–Crippen LogP) is 3.63. The number of ether oxygens (including phenoxy) is 1. The Bertz CT molecular complexity index is 268. The molecule has 0 unspecified atom stereocenters. The Kier molecular flexibility index (Phi) is 6.76. The molecule has 0 saturated carbocycles. The van der Waals surface area contributed by atoms with Crippen LogP contribution < -0.4 is 0 Å². The van der Waals surface area contributed by atoms with Gasteiger partial charge in [0.15, 0.2) is 0 Å². The second-order valence-corrected chi connectivity index (χ2v) is 3.82. The number of hydrogen-bond donors (Lipinski definition) is 0. The Morgan fingerprint density at radius 3 is 2.20 bits per heavy atom. The number of carbonyl (C=O) groups is 1. The van der Waals surface area contributed by atoms with Crippen molar-refractivity contribution < 1.29 is 9.53 Å². The van der Waals surface area contributed by atoms with E-state index in [-0.39, 0.29) is 5.97 Å². The molecule has 2 heteroatoms. The first-order valence-corrected chi connectivity index (χ1v) is 5.52. The van der Waals surface area contributed by atoms with Crippen molar-refractivity contribution in [2.75, 3.05) is 6.61 Å². The summed E-state index contributed by atoms with van der Waals surface area (Å²) < 4.78 is 5.03. The first-order chi connectivity index (χ1) is 7.02. The molecule has 0 aromatic carbocycles. The van der Waals surface area contributed by atoms with Crippen molar-refractivity contribution in [2.45, 2.75) is 47.5 Å². The predicted molar refractivity (Wildman–Crippen MR) is 63.7 cm³/mol. The van der Waals surface area contributed by atoms with E-state index < -0.39 is 0 Å². The first-order valence-electron chi connectivity index (χ1n) is 5.52. The fourth-order valence-electron chi connectivity index (χ4n) is 1.17. The minimum Gasteiger partial charge on any atom is -0.463 e. The van der Waals surface area contributed by atoms with Crippen LogP contribution in [0.25, 0.3) is 0 Å². The van der Waals surface area contributed by atoms with Gasteiger partial charge in [-0.15, -0.1) is 0 Å². The molecular formula is C13H22O2. The maximum Gasteiger partial charge on any atom is 0.334 e. The quantitative estimate of drug-likeness (QED) is 0.393. The van der Waals surface area contributed by atoms with Crippen LogP contribution in [0.15, 0.2) is 22.8 Å². The van der Waals surface area contributed by atoms with Crippen molar-refractivity contribution in [3.8, 4) is 0 Å². The third-order valence-corrected chi connectivity index (χ3v) is 2.28. The number of hydrogen-bond acceptors (Lipinski definition) is 2. The second-order valence-electron chi connectivity index (χ2n) is 3.82. The van der Waals surface area contributed by atoms with Gasteiger partial charge < -0.3 is 4.74 Å². The van der Waals surface area contributed by atoms with Gasteiger partial charge in [-0.05, 0) is 40.5 Å². The summed E-state index contributed by atoms with van der Waals surface area (Å²) in [7, 11) is 0. The highest BCUT2D eigenvalue weighted by Gasteiger charge is 2.11. The summed E-state index contributed by atoms with van der Waals surface area (Å²) in [6, 6.07) is 0. The van der Waals surface area contributed by atoms with E-state index in [1.807, 2.05) is 27.7 Å². The molecule has 0 radical (unpaired) electrons. The standard InChI is InChI=1S/C13H22O2/c1-6-11(5)12(9-8-10(3)4)13(14)15-7-2/h8H,6-7,9H2,1-5H3/b12-11-. The van der Waals surface area contributed by atoms with Crippen molar-refractivity contribution in [2.24, 2.45) is 0 Å². The molecule has 15 heavy (non-hydrogen) atoms. The number of rotatable bonds is 5. The minimum atomic E-state index is -0.172. The highest BCUT2D eigenvalue weighted by molar-refractivity contribution is 5.89. The van der Waals surface area contributed by atoms with Gasteiger partial charge in [-0.2, -0.15) is 0 Å². The lowest BCUT2D eigenvalue weighted by Crippen LogP contribution is -2.09. The summed E-state index contributed by atoms with van der Waals surface area (Å²) in [5, 5.41) is 0. The number of esters is 1. The molecule has 0 aliphatic heterocycles. The van der Waals surface area contributed by atoms with E-state index in [1.165, 1.54) is 5.57 Å². The van der Waals surface area contributed by atoms with E-state index in [0.29, 0.717) is 13.0 Å². The van der Waals surface area contributed by atoms with Crippen LogP contribution in [0.3, 0.4) is 0 Å². The Morgan fingerprint density at radius 1 is 1.20 bits per heavy atom. The van der Waals surface area contributed by atoms with Gasteiger partial charge in [0.25, 0.3) is 0 Å². The second kappa shape index (κ2) is 7.27. The zero-order valence-corrected chi connectivity index (χ0v) is 10.5. The normalized spacial score (nSPS) is 11.8. The zero-order valence-electron chi connectivity index (χ0n) is 10.5. The van der Waals surface area contributed by atoms with Crippen LogP contribution in [0, 0.1) is 0 Å². The molecule has 0 bridgehead atoms. The summed E-state index contributed by atoms with van der Waals surface area (Å²) in [6.45, 7) is 10.4. The van der Waals surface area contributed by atoms with Gasteiger partial charge in [-0.3, -0.25) is 0 Å². The molecule has 0 fully saturated rings. The summed E-state index contributed by atoms with van der Waals surface area (Å²) in [4.78, 5) is 11.6. The topological polar surface area (TPSA) is 26.3 Å². The molecule has 0 atom stereocenters. The lowest BCUT2D eigenvalue weighted by molar-refractivity contribution is -0.138. The highest BCUT2D eigenvalue weighted by atomic mass is 16.5. The van der Waals surface area contributed by atoms with Crippen LogP contribution in [0.2, 0.25) is 0 Å². The first kappa shape index (κ1) is 13.9. The van der Waals surface area contributed by atoms with E-state index >= 15 is 0 Å². The van der Waals surface area contributed by atoms with Gasteiger partial charge in [0, 0.05) is 5.57 Å². The Hall–Kier alpha value is -1.05. The highest BCUT2D eigenvalue weighted by Crippen LogP contribution is 2.15. The van der Waals surface area contributed by atoms with E-state index in [9.17, 15) is 4.79 Å². The monoisotopic (exact) mass is 210 g/mol. The average Bonchev–Trinajstić information content (AvgIpc) is 2.17. The van der Waals surface area contributed by atoms with Crippen molar-refractivity contribution in [3.05, 3.63) is 22.8 Å². The van der Waals surface area contributed by atoms with Crippen molar-refractivity contribution in [1.82, 2.24) is 0 Å². The zero-order chi connectivity index (χ0) is 11.8. The number of allylic oxidation sites excluding steroid dienone is 3. The Balaban J connectivity index is 4.75. The molecule has 0 aromatic rings. The van der Waals surface area contributed by atoms with Crippen LogP contribution in [0.1, 0.15) is 47.5 Å². The van der Waals surface area contributed by atoms with Gasteiger partial charge in [-0.25, -0.2) is 4.79 Å². The third-order valence-electron chi connectivity index (χ3n) is 2.28. The van der Waals surface area contributed by atoms with E-state index in [1.54, 1.807) is 0 Å². The minimum absolute atomic E-state index is 0.172. The van der Waals surface area contributed by atoms with Gasteiger partial charge in [-0.1, -0.05) is 24.1 Å². The molecular weight excluding hydrogens is 188 g/mol. The molecule has 2 nitrogen and oxygen atoms in total. The molecule has 0 aliphatic carbocycles. The van der Waals surface area contributed by atoms with Crippen molar-refractivity contribution >= 4 is 5.97 Å². The average molecular weight is 210 g/mol. The van der Waals surface area contributed by atoms with Crippen LogP contribution >= 0.6 is 0 Å². The SMILES string of the molecule is CCOC(=O)/C(CC=C(C)C)=C(/C)CC. The summed E-state index contributed by atoms with van der Waals surface area (Å²) in [6.07, 6.45) is 3.64. The molecule has 86 valence electrons. The van der Waals surface area contributed by atoms with Gasteiger partial charge in [0.05, 0.1) is 6.61 Å². The lowest BCUT2D eigenvalue weighted by Gasteiger charge is -2.08. The Labute approximate surface area is 93.0 Å². The fourth-order valence-corrected chi connectivity index (χ4v) is 1.17. The fraction of sp³-hybridized carbons (Fsp3) is 0.615. The molecule has 0 amide bonds. The van der Waals surface area contributed by atoms with Gasteiger partial charge in [0.2, 0.25) is 0 Å². The summed E-state index contributed by atoms with van der Waals surface area (Å²) >= 11 is 0. The molecule has 0 heterocycles. The van der Waals surface area contributed by atoms with Crippen LogP contribution in [0.4, 0.5) is 0 Å². The molecule has 0 aromatic heterocycles. The molecule has 0 rings (SSSR count). The molecule has 0 N–H and O–H groups in total. The summed E-state index contributed by atoms with van der Waals surface area (Å²) in [5.41, 5.74) is 3.15. The molecule has 0 aliphatic rings. The van der Waals surface area contributed by atoms with Gasteiger partial charge in [0.1, 0.15) is 0 Å². The largest absolute Gasteiger partial charge is 0.463 e. The van der Waals surface area contributed by atoms with Crippen LogP contribution in [-0.4, -0.2) is 12.6 Å². The van der Waals surface area contributed by atoms with E-state index in [4.69, 9.17) is 4.74 Å². The third kappa shape index (κ3) is 5.40. The maximum absolute atomic E-state index is 11.6. The van der Waals surface area contributed by atoms with Crippen LogP contribution in [-0.2, 0) is 9.53 Å². The molecule has 0 saturated heterocycles. The smallest absolute Gasteiger partial charge is 0.334 e. The van der Waals surface area contributed by atoms with Crippen LogP contribution in [0.5, 0.6) is 0 Å². The lowest BCUT2D eigenvalue weighted by atomic mass is 10.0.